The number of aromatic nitrogens is 1. The molecular weight excluding hydrogens is 313 g/mol. The Morgan fingerprint density at radius 3 is 2.56 bits per heavy atom. The molecule has 0 amide bonds. The molecule has 0 aliphatic heterocycles. The first-order chi connectivity index (χ1) is 7.65. The fourth-order valence-electron chi connectivity index (χ4n) is 1.09. The first-order valence-electron chi connectivity index (χ1n) is 4.39. The van der Waals surface area contributed by atoms with Crippen LogP contribution in [0, 0.1) is 5.82 Å². The van der Waals surface area contributed by atoms with Crippen LogP contribution in [-0.2, 0) is 0 Å². The molecule has 16 heavy (non-hydrogen) atoms. The fourth-order valence-corrected chi connectivity index (χ4v) is 2.59. The number of pyridine rings is 1. The first-order valence-corrected chi connectivity index (χ1v) is 6.38. The van der Waals surface area contributed by atoms with Crippen LogP contribution in [0.5, 0.6) is 0 Å². The third kappa shape index (κ3) is 2.97. The van der Waals surface area contributed by atoms with Crippen LogP contribution in [0.4, 0.5) is 4.39 Å². The highest BCUT2D eigenvalue weighted by Gasteiger charge is 2.05. The van der Waals surface area contributed by atoms with Crippen molar-refractivity contribution in [2.45, 2.75) is 9.92 Å². The Balaban J connectivity index is 2.23. The summed E-state index contributed by atoms with van der Waals surface area (Å²) in [6.45, 7) is 0. The monoisotopic (exact) mass is 317 g/mol. The first kappa shape index (κ1) is 11.9. The van der Waals surface area contributed by atoms with Gasteiger partial charge < -0.3 is 0 Å². The smallest absolute Gasteiger partial charge is 0.123 e. The molecule has 2 aromatic rings. The molecule has 5 heteroatoms. The minimum Gasteiger partial charge on any atom is -0.247 e. The normalized spacial score (nSPS) is 10.4. The Bertz CT molecular complexity index is 504. The van der Waals surface area contributed by atoms with Crippen molar-refractivity contribution in [3.63, 3.8) is 0 Å². The summed E-state index contributed by atoms with van der Waals surface area (Å²) in [6.07, 6.45) is 1.68. The van der Waals surface area contributed by atoms with E-state index in [9.17, 15) is 4.39 Å². The van der Waals surface area contributed by atoms with E-state index in [1.165, 1.54) is 23.9 Å². The van der Waals surface area contributed by atoms with E-state index >= 15 is 0 Å². The van der Waals surface area contributed by atoms with Crippen LogP contribution >= 0.6 is 39.3 Å². The van der Waals surface area contributed by atoms with E-state index in [1.54, 1.807) is 24.4 Å². The molecule has 0 saturated heterocycles. The minimum absolute atomic E-state index is 0.251. The summed E-state index contributed by atoms with van der Waals surface area (Å²) in [5.41, 5.74) is 0. The van der Waals surface area contributed by atoms with Gasteiger partial charge in [0.1, 0.15) is 10.8 Å². The van der Waals surface area contributed by atoms with E-state index in [-0.39, 0.29) is 5.82 Å². The summed E-state index contributed by atoms with van der Waals surface area (Å²) in [5.74, 6) is -0.251. The average molecular weight is 319 g/mol. The molecule has 0 aliphatic carbocycles. The van der Waals surface area contributed by atoms with Gasteiger partial charge in [0.25, 0.3) is 0 Å². The topological polar surface area (TPSA) is 12.9 Å². The lowest BCUT2D eigenvalue weighted by molar-refractivity contribution is 0.626. The highest BCUT2D eigenvalue weighted by Crippen LogP contribution is 2.32. The van der Waals surface area contributed by atoms with Gasteiger partial charge in [-0.2, -0.15) is 0 Å². The Morgan fingerprint density at radius 2 is 1.94 bits per heavy atom. The van der Waals surface area contributed by atoms with Crippen LogP contribution in [0.3, 0.4) is 0 Å². The fraction of sp³-hybridized carbons (Fsp3) is 0. The lowest BCUT2D eigenvalue weighted by Gasteiger charge is -2.03. The SMILES string of the molecule is Fc1ccc(Sc2ncc(Br)cc2Cl)cc1. The number of hydrogen-bond acceptors (Lipinski definition) is 2. The molecule has 1 aromatic carbocycles. The van der Waals surface area contributed by atoms with E-state index in [0.29, 0.717) is 10.0 Å². The Labute approximate surface area is 110 Å². The van der Waals surface area contributed by atoms with Gasteiger partial charge in [-0.3, -0.25) is 0 Å². The van der Waals surface area contributed by atoms with E-state index in [2.05, 4.69) is 20.9 Å². The van der Waals surface area contributed by atoms with Crippen molar-refractivity contribution in [1.29, 1.82) is 0 Å². The van der Waals surface area contributed by atoms with Crippen LogP contribution in [0.15, 0.2) is 50.9 Å². The second kappa shape index (κ2) is 5.17. The van der Waals surface area contributed by atoms with Crippen molar-refractivity contribution in [2.24, 2.45) is 0 Å². The Morgan fingerprint density at radius 1 is 1.25 bits per heavy atom. The lowest BCUT2D eigenvalue weighted by Crippen LogP contribution is -1.82. The summed E-state index contributed by atoms with van der Waals surface area (Å²) in [7, 11) is 0. The molecule has 82 valence electrons. The second-order valence-electron chi connectivity index (χ2n) is 3.00. The maximum Gasteiger partial charge on any atom is 0.123 e. The number of nitrogens with zero attached hydrogens (tertiary/aromatic N) is 1. The molecule has 0 fully saturated rings. The van der Waals surface area contributed by atoms with E-state index in [0.717, 1.165) is 9.37 Å². The van der Waals surface area contributed by atoms with Crippen molar-refractivity contribution in [1.82, 2.24) is 4.98 Å². The van der Waals surface area contributed by atoms with Crippen molar-refractivity contribution < 1.29 is 4.39 Å². The van der Waals surface area contributed by atoms with Crippen LogP contribution in [-0.4, -0.2) is 4.98 Å². The number of rotatable bonds is 2. The molecule has 0 radical (unpaired) electrons. The Hall–Kier alpha value is -0.580. The highest BCUT2D eigenvalue weighted by molar-refractivity contribution is 9.10. The molecule has 0 spiro atoms. The molecule has 0 aliphatic rings. The van der Waals surface area contributed by atoms with Gasteiger partial charge in [0.2, 0.25) is 0 Å². The van der Waals surface area contributed by atoms with Gasteiger partial charge in [-0.1, -0.05) is 23.4 Å². The molecule has 1 aromatic heterocycles. The summed E-state index contributed by atoms with van der Waals surface area (Å²) in [4.78, 5) is 5.09. The minimum atomic E-state index is -0.251. The van der Waals surface area contributed by atoms with Crippen molar-refractivity contribution in [3.05, 3.63) is 51.8 Å². The molecular formula is C11H6BrClFNS. The zero-order chi connectivity index (χ0) is 11.5. The largest absolute Gasteiger partial charge is 0.247 e. The molecule has 0 unspecified atom stereocenters. The molecule has 2 rings (SSSR count). The third-order valence-electron chi connectivity index (χ3n) is 1.80. The maximum atomic E-state index is 12.7. The summed E-state index contributed by atoms with van der Waals surface area (Å²) >= 11 is 10.7. The molecule has 0 saturated carbocycles. The van der Waals surface area contributed by atoms with Crippen molar-refractivity contribution in [3.8, 4) is 0 Å². The van der Waals surface area contributed by atoms with Crippen molar-refractivity contribution >= 4 is 39.3 Å². The predicted molar refractivity (Wildman–Crippen MR) is 67.5 cm³/mol. The highest BCUT2D eigenvalue weighted by atomic mass is 79.9. The van der Waals surface area contributed by atoms with Crippen LogP contribution < -0.4 is 0 Å². The van der Waals surface area contributed by atoms with E-state index in [4.69, 9.17) is 11.6 Å². The quantitative estimate of drug-likeness (QED) is 0.790. The summed E-state index contributed by atoms with van der Waals surface area (Å²) < 4.78 is 13.5. The number of benzene rings is 1. The number of hydrogen-bond donors (Lipinski definition) is 0. The van der Waals surface area contributed by atoms with Gasteiger partial charge in [0.05, 0.1) is 5.02 Å². The lowest BCUT2D eigenvalue weighted by atomic mass is 10.4. The summed E-state index contributed by atoms with van der Waals surface area (Å²) in [6, 6.07) is 7.99. The van der Waals surface area contributed by atoms with Crippen LogP contribution in [0.1, 0.15) is 0 Å². The van der Waals surface area contributed by atoms with E-state index in [1.807, 2.05) is 0 Å². The predicted octanol–water partition coefficient (Wildman–Crippen LogP) is 4.79. The molecule has 0 bridgehead atoms. The van der Waals surface area contributed by atoms with Gasteiger partial charge in [-0.05, 0) is 46.3 Å². The zero-order valence-electron chi connectivity index (χ0n) is 7.95. The van der Waals surface area contributed by atoms with Gasteiger partial charge in [0.15, 0.2) is 0 Å². The standard InChI is InChI=1S/C11H6BrClFNS/c12-7-5-10(13)11(15-6-7)16-9-3-1-8(14)2-4-9/h1-6H. The van der Waals surface area contributed by atoms with Gasteiger partial charge in [-0.25, -0.2) is 9.37 Å². The van der Waals surface area contributed by atoms with Crippen molar-refractivity contribution in [2.75, 3.05) is 0 Å². The zero-order valence-corrected chi connectivity index (χ0v) is 11.1. The molecule has 1 nitrogen and oxygen atoms in total. The van der Waals surface area contributed by atoms with Gasteiger partial charge in [0, 0.05) is 15.6 Å². The van der Waals surface area contributed by atoms with E-state index < -0.39 is 0 Å². The summed E-state index contributed by atoms with van der Waals surface area (Å²) in [5, 5.41) is 1.28. The maximum absolute atomic E-state index is 12.7. The van der Waals surface area contributed by atoms with Crippen LogP contribution in [0.2, 0.25) is 5.02 Å². The molecule has 1 heterocycles. The second-order valence-corrected chi connectivity index (χ2v) is 5.38. The molecule has 0 atom stereocenters. The van der Waals surface area contributed by atoms with Gasteiger partial charge in [-0.15, -0.1) is 0 Å². The third-order valence-corrected chi connectivity index (χ3v) is 3.66. The average Bonchev–Trinajstić information content (AvgIpc) is 2.25. The van der Waals surface area contributed by atoms with Gasteiger partial charge >= 0.3 is 0 Å². The number of halogens is 3. The van der Waals surface area contributed by atoms with Crippen LogP contribution in [0.25, 0.3) is 0 Å². The molecule has 0 N–H and O–H groups in total. The Kier molecular flexibility index (Phi) is 3.84.